The largest absolute Gasteiger partial charge is 0.504 e. The maximum absolute atomic E-state index is 13.2. The first-order valence-corrected chi connectivity index (χ1v) is 13.7. The number of fused-ring (bicyclic) bond motifs is 1. The smallest absolute Gasteiger partial charge is 0.311 e. The average Bonchev–Trinajstić information content (AvgIpc) is 2.83. The third kappa shape index (κ3) is 6.12. The van der Waals surface area contributed by atoms with Gasteiger partial charge in [-0.1, -0.05) is 39.0 Å². The van der Waals surface area contributed by atoms with Crippen LogP contribution >= 0.6 is 10.8 Å². The topological polar surface area (TPSA) is 145 Å². The van der Waals surface area contributed by atoms with Crippen molar-refractivity contribution in [1.29, 1.82) is 0 Å². The number of anilines is 1. The second-order valence-electron chi connectivity index (χ2n) is 10.2. The van der Waals surface area contributed by atoms with Crippen LogP contribution in [0.5, 0.6) is 11.5 Å². The molecule has 0 radical (unpaired) electrons. The summed E-state index contributed by atoms with van der Waals surface area (Å²) < 4.78 is 28.3. The standard InChI is InChI=1S/C26H32N4O6S/c1-26(2,3)15-20(31)36-19-11-5-4-9-17(19)16-28-25(33)22-23(32)21-18(10-8-12-27-21)24(29-22)30-13-6-7-14-37(30,34)35/h4-5,8-12,32,34-35H,6-7,13-16H2,1-3H3,(H,28,33). The van der Waals surface area contributed by atoms with Gasteiger partial charge in [0.15, 0.2) is 17.3 Å². The zero-order valence-corrected chi connectivity index (χ0v) is 21.9. The number of hydrogen-bond donors (Lipinski definition) is 4. The Balaban J connectivity index is 1.61. The van der Waals surface area contributed by atoms with Crippen LogP contribution < -0.4 is 14.4 Å². The number of nitrogens with zero attached hydrogens (tertiary/aromatic N) is 3. The van der Waals surface area contributed by atoms with Crippen LogP contribution in [0.15, 0.2) is 42.6 Å². The number of aromatic nitrogens is 2. The molecular formula is C26H32N4O6S. The van der Waals surface area contributed by atoms with E-state index >= 15 is 0 Å². The predicted molar refractivity (Wildman–Crippen MR) is 143 cm³/mol. The molecule has 4 N–H and O–H groups in total. The van der Waals surface area contributed by atoms with Crippen molar-refractivity contribution < 1.29 is 28.5 Å². The Hall–Kier alpha value is -3.41. The summed E-state index contributed by atoms with van der Waals surface area (Å²) in [7, 11) is -3.13. The summed E-state index contributed by atoms with van der Waals surface area (Å²) >= 11 is 0. The minimum atomic E-state index is -3.13. The quantitative estimate of drug-likeness (QED) is 0.260. The van der Waals surface area contributed by atoms with Gasteiger partial charge in [-0.15, -0.1) is 10.8 Å². The van der Waals surface area contributed by atoms with Crippen LogP contribution in [0.2, 0.25) is 0 Å². The van der Waals surface area contributed by atoms with Crippen LogP contribution in [-0.2, 0) is 11.3 Å². The fraction of sp³-hybridized carbons (Fsp3) is 0.385. The van der Waals surface area contributed by atoms with Gasteiger partial charge in [0.25, 0.3) is 5.91 Å². The molecule has 3 aromatic rings. The van der Waals surface area contributed by atoms with Crippen LogP contribution in [-0.4, -0.2) is 48.4 Å². The number of carbonyl (C=O) groups is 2. The Morgan fingerprint density at radius 3 is 2.62 bits per heavy atom. The van der Waals surface area contributed by atoms with E-state index in [2.05, 4.69) is 15.3 Å². The number of carbonyl (C=O) groups excluding carboxylic acids is 2. The monoisotopic (exact) mass is 528 g/mol. The normalized spacial score (nSPS) is 16.3. The van der Waals surface area contributed by atoms with Gasteiger partial charge >= 0.3 is 5.97 Å². The molecule has 2 aromatic heterocycles. The summed E-state index contributed by atoms with van der Waals surface area (Å²) in [4.78, 5) is 34.1. The summed E-state index contributed by atoms with van der Waals surface area (Å²) in [5.74, 6) is -0.759. The number of amides is 1. The van der Waals surface area contributed by atoms with Crippen molar-refractivity contribution in [1.82, 2.24) is 15.3 Å². The maximum atomic E-state index is 13.2. The van der Waals surface area contributed by atoms with Crippen molar-refractivity contribution in [2.75, 3.05) is 16.6 Å². The SMILES string of the molecule is CC(C)(C)CC(=O)Oc1ccccc1CNC(=O)c1nc(N2CCCCS2(O)O)c2cccnc2c1O. The summed E-state index contributed by atoms with van der Waals surface area (Å²) in [5, 5.41) is 14.0. The number of para-hydroxylation sites is 1. The molecule has 0 unspecified atom stereocenters. The third-order valence-electron chi connectivity index (χ3n) is 5.86. The van der Waals surface area contributed by atoms with Gasteiger partial charge in [-0.3, -0.25) is 28.0 Å². The lowest BCUT2D eigenvalue weighted by molar-refractivity contribution is -0.136. The lowest BCUT2D eigenvalue weighted by atomic mass is 9.92. The first-order valence-electron chi connectivity index (χ1n) is 12.0. The van der Waals surface area contributed by atoms with Gasteiger partial charge in [0.05, 0.1) is 12.2 Å². The molecule has 1 aliphatic rings. The van der Waals surface area contributed by atoms with Crippen molar-refractivity contribution in [3.8, 4) is 11.5 Å². The highest BCUT2D eigenvalue weighted by Gasteiger charge is 2.31. The molecule has 198 valence electrons. The predicted octanol–water partition coefficient (Wildman–Crippen LogP) is 4.87. The van der Waals surface area contributed by atoms with Crippen molar-refractivity contribution in [2.45, 2.75) is 46.6 Å². The van der Waals surface area contributed by atoms with Crippen molar-refractivity contribution >= 4 is 39.4 Å². The zero-order chi connectivity index (χ0) is 26.8. The van der Waals surface area contributed by atoms with Gasteiger partial charge in [-0.25, -0.2) is 4.98 Å². The zero-order valence-electron chi connectivity index (χ0n) is 21.1. The van der Waals surface area contributed by atoms with Gasteiger partial charge in [-0.2, -0.15) is 0 Å². The van der Waals surface area contributed by atoms with Crippen molar-refractivity contribution in [2.24, 2.45) is 5.41 Å². The Kier molecular flexibility index (Phi) is 7.58. The molecule has 1 amide bonds. The summed E-state index contributed by atoms with van der Waals surface area (Å²) in [6.45, 7) is 6.17. The van der Waals surface area contributed by atoms with E-state index in [1.807, 2.05) is 20.8 Å². The molecule has 0 bridgehead atoms. The molecule has 1 saturated heterocycles. The number of hydrogen-bond acceptors (Lipinski definition) is 9. The molecule has 1 aromatic carbocycles. The van der Waals surface area contributed by atoms with Crippen LogP contribution in [0.3, 0.4) is 0 Å². The number of ether oxygens (including phenoxy) is 1. The molecule has 3 heterocycles. The van der Waals surface area contributed by atoms with Gasteiger partial charge in [0.2, 0.25) is 0 Å². The first-order chi connectivity index (χ1) is 17.5. The third-order valence-corrected chi connectivity index (χ3v) is 7.76. The van der Waals surface area contributed by atoms with Crippen molar-refractivity contribution in [3.63, 3.8) is 0 Å². The molecular weight excluding hydrogens is 496 g/mol. The van der Waals surface area contributed by atoms with Crippen LogP contribution in [0.25, 0.3) is 10.9 Å². The molecule has 1 fully saturated rings. The average molecular weight is 529 g/mol. The molecule has 4 rings (SSSR count). The molecule has 0 saturated carbocycles. The molecule has 0 atom stereocenters. The Bertz CT molecular complexity index is 1320. The lowest BCUT2D eigenvalue weighted by Gasteiger charge is -2.47. The number of esters is 1. The molecule has 0 spiro atoms. The summed E-state index contributed by atoms with van der Waals surface area (Å²) in [5.41, 5.74) is 0.184. The van der Waals surface area contributed by atoms with Gasteiger partial charge in [0.1, 0.15) is 11.3 Å². The van der Waals surface area contributed by atoms with E-state index in [1.165, 1.54) is 10.5 Å². The van der Waals surface area contributed by atoms with Crippen LogP contribution in [0, 0.1) is 5.41 Å². The minimum absolute atomic E-state index is 0.00736. The van der Waals surface area contributed by atoms with Gasteiger partial charge in [-0.05, 0) is 36.5 Å². The van der Waals surface area contributed by atoms with E-state index in [9.17, 15) is 23.8 Å². The number of benzene rings is 1. The lowest BCUT2D eigenvalue weighted by Crippen LogP contribution is -2.35. The van der Waals surface area contributed by atoms with E-state index in [1.54, 1.807) is 36.4 Å². The second kappa shape index (κ2) is 10.5. The molecule has 37 heavy (non-hydrogen) atoms. The van der Waals surface area contributed by atoms with Crippen LogP contribution in [0.4, 0.5) is 5.82 Å². The minimum Gasteiger partial charge on any atom is -0.504 e. The van der Waals surface area contributed by atoms with Gasteiger partial charge < -0.3 is 15.2 Å². The van der Waals surface area contributed by atoms with E-state index in [0.29, 0.717) is 29.7 Å². The van der Waals surface area contributed by atoms with Gasteiger partial charge in [0, 0.05) is 30.2 Å². The number of rotatable bonds is 6. The van der Waals surface area contributed by atoms with E-state index in [0.717, 1.165) is 6.42 Å². The van der Waals surface area contributed by atoms with Crippen LogP contribution in [0.1, 0.15) is 56.1 Å². The van der Waals surface area contributed by atoms with E-state index < -0.39 is 22.4 Å². The Morgan fingerprint density at radius 2 is 1.89 bits per heavy atom. The summed E-state index contributed by atoms with van der Waals surface area (Å²) in [6, 6.07) is 10.2. The second-order valence-corrected chi connectivity index (χ2v) is 12.3. The number of nitrogens with one attached hydrogen (secondary N) is 1. The fourth-order valence-corrected chi connectivity index (χ4v) is 5.76. The number of pyridine rings is 2. The fourth-order valence-electron chi connectivity index (χ4n) is 4.11. The molecule has 11 heteroatoms. The number of aromatic hydroxyl groups is 1. The molecule has 10 nitrogen and oxygen atoms in total. The Morgan fingerprint density at radius 1 is 1.14 bits per heavy atom. The summed E-state index contributed by atoms with van der Waals surface area (Å²) in [6.07, 6.45) is 3.10. The molecule has 0 aliphatic carbocycles. The highest BCUT2D eigenvalue weighted by Crippen LogP contribution is 2.51. The highest BCUT2D eigenvalue weighted by molar-refractivity contribution is 8.25. The Labute approximate surface area is 217 Å². The van der Waals surface area contributed by atoms with E-state index in [4.69, 9.17) is 4.74 Å². The highest BCUT2D eigenvalue weighted by atomic mass is 32.3. The molecule has 1 aliphatic heterocycles. The maximum Gasteiger partial charge on any atom is 0.311 e. The first kappa shape index (κ1) is 26.6. The van der Waals surface area contributed by atoms with E-state index in [-0.39, 0.29) is 47.1 Å². The van der Waals surface area contributed by atoms with Crippen molar-refractivity contribution in [3.05, 3.63) is 53.9 Å².